The van der Waals surface area contributed by atoms with Crippen LogP contribution in [0.1, 0.15) is 20.7 Å². The van der Waals surface area contributed by atoms with E-state index in [1.807, 2.05) is 18.2 Å². The van der Waals surface area contributed by atoms with Gasteiger partial charge in [-0.3, -0.25) is 9.59 Å². The van der Waals surface area contributed by atoms with Crippen molar-refractivity contribution in [3.63, 3.8) is 0 Å². The van der Waals surface area contributed by atoms with Crippen molar-refractivity contribution in [1.82, 2.24) is 9.80 Å². The number of carbonyl (C=O) groups excluding carboxylic acids is 2. The second-order valence-electron chi connectivity index (χ2n) is 9.22. The summed E-state index contributed by atoms with van der Waals surface area (Å²) in [7, 11) is 8.94. The molecule has 1 heterocycles. The molecule has 2 amide bonds. The van der Waals surface area contributed by atoms with Crippen LogP contribution in [0.4, 0.5) is 5.69 Å². The molecule has 11 nitrogen and oxygen atoms in total. The van der Waals surface area contributed by atoms with Gasteiger partial charge in [-0.2, -0.15) is 0 Å². The highest BCUT2D eigenvalue weighted by Gasteiger charge is 2.35. The molecule has 0 saturated carbocycles. The molecule has 1 fully saturated rings. The van der Waals surface area contributed by atoms with Gasteiger partial charge in [0.05, 0.1) is 59.9 Å². The van der Waals surface area contributed by atoms with Crippen molar-refractivity contribution in [2.24, 2.45) is 0 Å². The van der Waals surface area contributed by atoms with Crippen LogP contribution in [-0.4, -0.2) is 90.1 Å². The Morgan fingerprint density at radius 1 is 0.714 bits per heavy atom. The number of hydrogen-bond donors (Lipinski definition) is 1. The number of nitrogens with one attached hydrogen (secondary N) is 1. The topological polar surface area (TPSA) is 108 Å². The third-order valence-electron chi connectivity index (χ3n) is 6.95. The van der Waals surface area contributed by atoms with Crippen molar-refractivity contribution in [1.29, 1.82) is 0 Å². The number of nitrogens with zero attached hydrogens (tertiary/aromatic N) is 2. The van der Waals surface area contributed by atoms with Crippen molar-refractivity contribution in [3.8, 4) is 34.5 Å². The first-order chi connectivity index (χ1) is 20.3. The molecular formula is C30H34ClN3O8. The molecule has 1 saturated heterocycles. The lowest BCUT2D eigenvalue weighted by atomic mass is 10.1. The fourth-order valence-electron chi connectivity index (χ4n) is 4.85. The smallest absolute Gasteiger partial charge is 0.255 e. The van der Waals surface area contributed by atoms with Crippen molar-refractivity contribution in [2.75, 3.05) is 67.6 Å². The average Bonchev–Trinajstić information content (AvgIpc) is 3.03. The van der Waals surface area contributed by atoms with Gasteiger partial charge in [0.25, 0.3) is 11.8 Å². The fourth-order valence-corrected chi connectivity index (χ4v) is 5.04. The number of piperazine rings is 1. The van der Waals surface area contributed by atoms with Gasteiger partial charge in [0.2, 0.25) is 11.5 Å². The highest BCUT2D eigenvalue weighted by molar-refractivity contribution is 6.33. The molecule has 4 rings (SSSR count). The van der Waals surface area contributed by atoms with Crippen molar-refractivity contribution in [3.05, 3.63) is 64.7 Å². The molecule has 12 heteroatoms. The van der Waals surface area contributed by atoms with E-state index in [1.165, 1.54) is 42.7 Å². The van der Waals surface area contributed by atoms with E-state index in [0.29, 0.717) is 56.3 Å². The third-order valence-corrected chi connectivity index (χ3v) is 7.28. The van der Waals surface area contributed by atoms with Gasteiger partial charge in [-0.15, -0.1) is 0 Å². The van der Waals surface area contributed by atoms with Crippen LogP contribution in [0.5, 0.6) is 34.5 Å². The van der Waals surface area contributed by atoms with Crippen LogP contribution >= 0.6 is 11.6 Å². The molecule has 0 aliphatic carbocycles. The lowest BCUT2D eigenvalue weighted by Crippen LogP contribution is -2.59. The highest BCUT2D eigenvalue weighted by atomic mass is 35.5. The number of benzene rings is 3. The Balaban J connectivity index is 1.69. The van der Waals surface area contributed by atoms with Crippen LogP contribution in [0.15, 0.2) is 48.5 Å². The van der Waals surface area contributed by atoms with E-state index in [4.69, 9.17) is 40.0 Å². The van der Waals surface area contributed by atoms with Crippen LogP contribution in [-0.2, 0) is 0 Å². The summed E-state index contributed by atoms with van der Waals surface area (Å²) in [5, 5.41) is 3.83. The summed E-state index contributed by atoms with van der Waals surface area (Å²) in [5.41, 5.74) is 1.30. The van der Waals surface area contributed by atoms with E-state index in [2.05, 4.69) is 5.32 Å². The average molecular weight is 600 g/mol. The molecule has 1 aliphatic rings. The van der Waals surface area contributed by atoms with E-state index in [0.717, 1.165) is 0 Å². The van der Waals surface area contributed by atoms with Crippen molar-refractivity contribution >= 4 is 29.1 Å². The minimum Gasteiger partial charge on any atom is -0.493 e. The molecular weight excluding hydrogens is 566 g/mol. The summed E-state index contributed by atoms with van der Waals surface area (Å²) >= 11 is 6.46. The minimum atomic E-state index is -0.628. The van der Waals surface area contributed by atoms with Gasteiger partial charge >= 0.3 is 0 Å². The van der Waals surface area contributed by atoms with E-state index in [9.17, 15) is 9.59 Å². The molecule has 1 aliphatic heterocycles. The maximum atomic E-state index is 14.0. The van der Waals surface area contributed by atoms with Crippen LogP contribution in [0.25, 0.3) is 0 Å². The summed E-state index contributed by atoms with van der Waals surface area (Å²) in [5.74, 6) is 1.64. The number of methoxy groups -OCH3 is 6. The molecule has 3 aromatic carbocycles. The van der Waals surface area contributed by atoms with Crippen molar-refractivity contribution in [2.45, 2.75) is 6.17 Å². The number of ether oxygens (including phenoxy) is 6. The molecule has 1 unspecified atom stereocenters. The number of hydrogen-bond acceptors (Lipinski definition) is 9. The summed E-state index contributed by atoms with van der Waals surface area (Å²) in [4.78, 5) is 31.0. The summed E-state index contributed by atoms with van der Waals surface area (Å²) < 4.78 is 32.6. The van der Waals surface area contributed by atoms with Gasteiger partial charge in [-0.25, -0.2) is 0 Å². The fraction of sp³-hybridized carbons (Fsp3) is 0.333. The Morgan fingerprint density at radius 2 is 1.19 bits per heavy atom. The van der Waals surface area contributed by atoms with Crippen LogP contribution in [0, 0.1) is 0 Å². The zero-order valence-electron chi connectivity index (χ0n) is 24.4. The molecule has 1 N–H and O–H groups in total. The summed E-state index contributed by atoms with van der Waals surface area (Å²) in [6.07, 6.45) is -0.628. The van der Waals surface area contributed by atoms with E-state index in [1.54, 1.807) is 40.1 Å². The Morgan fingerprint density at radius 3 is 1.64 bits per heavy atom. The zero-order chi connectivity index (χ0) is 30.4. The van der Waals surface area contributed by atoms with Gasteiger partial charge < -0.3 is 43.5 Å². The first kappa shape index (κ1) is 30.4. The molecule has 224 valence electrons. The Bertz CT molecular complexity index is 1400. The molecule has 0 aromatic heterocycles. The molecule has 0 spiro atoms. The predicted octanol–water partition coefficient (Wildman–Crippen LogP) is 4.43. The SMILES string of the molecule is COc1cc(C(=O)N2CCN(C(=O)c3cc(OC)c(OC)c(OC)c3)C(Nc3ccccc3Cl)C2)cc(OC)c1OC. The van der Waals surface area contributed by atoms with Gasteiger partial charge in [0.1, 0.15) is 6.17 Å². The van der Waals surface area contributed by atoms with E-state index < -0.39 is 6.17 Å². The standard InChI is InChI=1S/C30H34ClN3O8/c1-37-22-13-18(14-23(38-2)27(22)41-5)29(35)33-11-12-34(26(17-33)32-21-10-8-7-9-20(21)31)30(36)19-15-24(39-3)28(42-6)25(16-19)40-4/h7-10,13-16,26,32H,11-12,17H2,1-6H3. The molecule has 3 aromatic rings. The minimum absolute atomic E-state index is 0.164. The monoisotopic (exact) mass is 599 g/mol. The van der Waals surface area contributed by atoms with Crippen LogP contribution in [0.2, 0.25) is 5.02 Å². The second kappa shape index (κ2) is 13.4. The lowest BCUT2D eigenvalue weighted by molar-refractivity contribution is 0.0426. The van der Waals surface area contributed by atoms with Crippen molar-refractivity contribution < 1.29 is 38.0 Å². The second-order valence-corrected chi connectivity index (χ2v) is 9.62. The molecule has 0 bridgehead atoms. The quantitative estimate of drug-likeness (QED) is 0.362. The number of para-hydroxylation sites is 1. The Hall–Kier alpha value is -4.51. The lowest BCUT2D eigenvalue weighted by Gasteiger charge is -2.42. The van der Waals surface area contributed by atoms with E-state index >= 15 is 0 Å². The first-order valence-electron chi connectivity index (χ1n) is 13.0. The predicted molar refractivity (Wildman–Crippen MR) is 158 cm³/mol. The van der Waals surface area contributed by atoms with Gasteiger partial charge in [0, 0.05) is 24.2 Å². The van der Waals surface area contributed by atoms with Gasteiger partial charge in [0.15, 0.2) is 23.0 Å². The number of rotatable bonds is 10. The van der Waals surface area contributed by atoms with Crippen LogP contribution in [0.3, 0.4) is 0 Å². The van der Waals surface area contributed by atoms with Gasteiger partial charge in [-0.05, 0) is 36.4 Å². The molecule has 1 atom stereocenters. The number of carbonyl (C=O) groups is 2. The van der Waals surface area contributed by atoms with E-state index in [-0.39, 0.29) is 31.4 Å². The summed E-state index contributed by atoms with van der Waals surface area (Å²) in [6.45, 7) is 0.664. The number of amides is 2. The molecule has 0 radical (unpaired) electrons. The molecule has 42 heavy (non-hydrogen) atoms. The zero-order valence-corrected chi connectivity index (χ0v) is 25.1. The summed E-state index contributed by atoms with van der Waals surface area (Å²) in [6, 6.07) is 13.6. The maximum Gasteiger partial charge on any atom is 0.255 e. The third kappa shape index (κ3) is 6.06. The van der Waals surface area contributed by atoms with Gasteiger partial charge in [-0.1, -0.05) is 23.7 Å². The first-order valence-corrected chi connectivity index (χ1v) is 13.4. The van der Waals surface area contributed by atoms with Crippen LogP contribution < -0.4 is 33.7 Å². The number of anilines is 1. The Kier molecular flexibility index (Phi) is 9.74. The highest BCUT2D eigenvalue weighted by Crippen LogP contribution is 2.40. The number of halogens is 1. The normalized spacial score (nSPS) is 14.6. The maximum absolute atomic E-state index is 14.0. The Labute approximate surface area is 249 Å². The largest absolute Gasteiger partial charge is 0.493 e.